The molecule has 0 saturated carbocycles. The van der Waals surface area contributed by atoms with Gasteiger partial charge >= 0.3 is 7.60 Å². The van der Waals surface area contributed by atoms with Gasteiger partial charge in [0.2, 0.25) is 11.6 Å². The van der Waals surface area contributed by atoms with Gasteiger partial charge in [-0.1, -0.05) is 42.3 Å². The maximum atomic E-state index is 12.6. The molecule has 1 heterocycles. The molecule has 1 aromatic carbocycles. The van der Waals surface area contributed by atoms with E-state index in [-0.39, 0.29) is 29.1 Å². The van der Waals surface area contributed by atoms with Crippen LogP contribution in [0.5, 0.6) is 0 Å². The summed E-state index contributed by atoms with van der Waals surface area (Å²) in [6.45, 7) is 0.430. The van der Waals surface area contributed by atoms with E-state index >= 15 is 0 Å². The highest BCUT2D eigenvalue weighted by atomic mass is 31.2. The van der Waals surface area contributed by atoms with Crippen molar-refractivity contribution in [3.05, 3.63) is 46.8 Å². The number of unbranched alkanes of at least 4 members (excludes halogenated alkanes) is 3. The van der Waals surface area contributed by atoms with Gasteiger partial charge in [-0.2, -0.15) is 0 Å². The van der Waals surface area contributed by atoms with Crippen LogP contribution in [0.4, 0.5) is 0 Å². The summed E-state index contributed by atoms with van der Waals surface area (Å²) in [7, 11) is -3.93. The second kappa shape index (κ2) is 7.00. The topological polar surface area (TPSA) is 122 Å². The zero-order chi connectivity index (χ0) is 18.0. The average molecular weight is 363 g/mol. The van der Waals surface area contributed by atoms with Gasteiger partial charge in [-0.15, -0.1) is 5.10 Å². The van der Waals surface area contributed by atoms with Crippen molar-refractivity contribution in [2.75, 3.05) is 6.16 Å². The van der Waals surface area contributed by atoms with Gasteiger partial charge < -0.3 is 9.79 Å². The molecule has 0 fully saturated rings. The Balaban J connectivity index is 1.64. The molecule has 9 heteroatoms. The van der Waals surface area contributed by atoms with Crippen LogP contribution in [0.15, 0.2) is 24.3 Å². The third-order valence-corrected chi connectivity index (χ3v) is 5.05. The first-order valence-electron chi connectivity index (χ1n) is 8.05. The Morgan fingerprint density at radius 2 is 1.60 bits per heavy atom. The number of carbonyl (C=O) groups is 2. The number of fused-ring (bicyclic) bond motifs is 2. The number of benzene rings is 1. The van der Waals surface area contributed by atoms with Gasteiger partial charge in [-0.3, -0.25) is 14.2 Å². The lowest BCUT2D eigenvalue weighted by Crippen LogP contribution is -2.23. The summed E-state index contributed by atoms with van der Waals surface area (Å²) in [5, 5.41) is 7.81. The first kappa shape index (κ1) is 17.7. The van der Waals surface area contributed by atoms with Crippen LogP contribution in [0.1, 0.15) is 57.8 Å². The van der Waals surface area contributed by atoms with Crippen molar-refractivity contribution in [3.63, 3.8) is 0 Å². The molecule has 2 N–H and O–H groups in total. The molecule has 3 rings (SSSR count). The Labute approximate surface area is 144 Å². The van der Waals surface area contributed by atoms with Gasteiger partial charge in [0.15, 0.2) is 5.69 Å². The fraction of sp³-hybridized carbons (Fsp3) is 0.375. The molecule has 0 unspecified atom stereocenters. The van der Waals surface area contributed by atoms with Gasteiger partial charge in [0.25, 0.3) is 0 Å². The fourth-order valence-corrected chi connectivity index (χ4v) is 3.55. The lowest BCUT2D eigenvalue weighted by atomic mass is 9.90. The highest BCUT2D eigenvalue weighted by molar-refractivity contribution is 7.51. The Bertz CT molecular complexity index is 870. The Morgan fingerprint density at radius 3 is 2.28 bits per heavy atom. The van der Waals surface area contributed by atoms with Crippen LogP contribution in [0, 0.1) is 0 Å². The first-order valence-corrected chi connectivity index (χ1v) is 9.85. The molecule has 1 aromatic heterocycles. The Morgan fingerprint density at radius 1 is 0.960 bits per heavy atom. The van der Waals surface area contributed by atoms with E-state index < -0.39 is 7.60 Å². The Hall–Kier alpha value is -2.15. The number of rotatable bonds is 7. The van der Waals surface area contributed by atoms with Crippen molar-refractivity contribution in [1.29, 1.82) is 0 Å². The van der Waals surface area contributed by atoms with E-state index in [1.54, 1.807) is 24.3 Å². The smallest absolute Gasteiger partial charge is 0.324 e. The van der Waals surface area contributed by atoms with Crippen LogP contribution >= 0.6 is 7.60 Å². The molecule has 0 atom stereocenters. The quantitative estimate of drug-likeness (QED) is 0.485. The van der Waals surface area contributed by atoms with E-state index in [4.69, 9.17) is 9.79 Å². The van der Waals surface area contributed by atoms with Gasteiger partial charge in [-0.25, -0.2) is 4.68 Å². The third-order valence-electron chi connectivity index (χ3n) is 4.15. The maximum Gasteiger partial charge on any atom is 0.325 e. The zero-order valence-electron chi connectivity index (χ0n) is 13.5. The van der Waals surface area contributed by atoms with Gasteiger partial charge in [0.05, 0.1) is 0 Å². The Kier molecular flexibility index (Phi) is 4.94. The number of nitrogens with zero attached hydrogens (tertiary/aromatic N) is 3. The predicted molar refractivity (Wildman–Crippen MR) is 88.7 cm³/mol. The minimum absolute atomic E-state index is 0.0881. The van der Waals surface area contributed by atoms with Crippen LogP contribution in [0.3, 0.4) is 0 Å². The van der Waals surface area contributed by atoms with Gasteiger partial charge in [0.1, 0.15) is 5.69 Å². The van der Waals surface area contributed by atoms with Crippen molar-refractivity contribution < 1.29 is 23.9 Å². The predicted octanol–water partition coefficient (Wildman–Crippen LogP) is 1.79. The summed E-state index contributed by atoms with van der Waals surface area (Å²) in [5.41, 5.74) is 1.03. The van der Waals surface area contributed by atoms with Gasteiger partial charge in [-0.05, 0) is 12.8 Å². The molecule has 132 valence electrons. The van der Waals surface area contributed by atoms with Crippen molar-refractivity contribution in [1.82, 2.24) is 15.0 Å². The number of carbonyl (C=O) groups excluding carboxylic acids is 2. The summed E-state index contributed by atoms with van der Waals surface area (Å²) in [5.74, 6) is -0.546. The van der Waals surface area contributed by atoms with Crippen LogP contribution in [0.25, 0.3) is 0 Å². The number of aromatic nitrogens is 3. The highest BCUT2D eigenvalue weighted by Crippen LogP contribution is 2.35. The van der Waals surface area contributed by atoms with Crippen molar-refractivity contribution in [2.24, 2.45) is 0 Å². The van der Waals surface area contributed by atoms with Crippen molar-refractivity contribution in [3.8, 4) is 0 Å². The zero-order valence-corrected chi connectivity index (χ0v) is 14.4. The first-order chi connectivity index (χ1) is 11.9. The number of aryl methyl sites for hydroxylation is 1. The molecular formula is C16H18N3O5P. The molecule has 0 aliphatic heterocycles. The molecule has 2 aromatic rings. The van der Waals surface area contributed by atoms with E-state index in [9.17, 15) is 14.2 Å². The molecule has 1 aliphatic rings. The van der Waals surface area contributed by atoms with E-state index in [1.165, 1.54) is 4.68 Å². The summed E-state index contributed by atoms with van der Waals surface area (Å²) in [6, 6.07) is 6.65. The average Bonchev–Trinajstić information content (AvgIpc) is 2.99. The molecule has 0 amide bonds. The van der Waals surface area contributed by atoms with Crippen molar-refractivity contribution >= 4 is 19.2 Å². The van der Waals surface area contributed by atoms with Crippen LogP contribution in [-0.4, -0.2) is 42.5 Å². The highest BCUT2D eigenvalue weighted by Gasteiger charge is 2.34. The number of ketones is 2. The van der Waals surface area contributed by atoms with Crippen LogP contribution in [0.2, 0.25) is 0 Å². The standard InChI is InChI=1S/C16H18N3O5P/c20-15-11-7-3-4-8-12(11)16(21)14-13(15)17-18-19(14)9-5-1-2-6-10-25(22,23)24/h3-4,7-8H,1-2,5-6,9-10H2,(H2,22,23,24). The largest absolute Gasteiger partial charge is 0.325 e. The molecule has 25 heavy (non-hydrogen) atoms. The second-order valence-electron chi connectivity index (χ2n) is 6.02. The van der Waals surface area contributed by atoms with E-state index in [1.807, 2.05) is 0 Å². The van der Waals surface area contributed by atoms with Crippen LogP contribution in [-0.2, 0) is 11.1 Å². The van der Waals surface area contributed by atoms with Crippen molar-refractivity contribution in [2.45, 2.75) is 32.2 Å². The van der Waals surface area contributed by atoms with Gasteiger partial charge in [0, 0.05) is 23.8 Å². The minimum atomic E-state index is -3.93. The molecule has 0 saturated heterocycles. The maximum absolute atomic E-state index is 12.6. The normalized spacial score (nSPS) is 13.7. The third kappa shape index (κ3) is 3.76. The fourth-order valence-electron chi connectivity index (χ4n) is 2.91. The molecule has 0 spiro atoms. The number of hydrogen-bond acceptors (Lipinski definition) is 5. The summed E-state index contributed by atoms with van der Waals surface area (Å²) in [6.07, 6.45) is 2.44. The minimum Gasteiger partial charge on any atom is -0.324 e. The van der Waals surface area contributed by atoms with E-state index in [0.29, 0.717) is 36.9 Å². The SMILES string of the molecule is O=C1c2ccccc2C(=O)c2c1nnn2CCCCCCP(=O)(O)O. The molecule has 1 aliphatic carbocycles. The molecular weight excluding hydrogens is 345 g/mol. The summed E-state index contributed by atoms with van der Waals surface area (Å²) in [4.78, 5) is 42.7. The lowest BCUT2D eigenvalue weighted by molar-refractivity contribution is 0.0970. The van der Waals surface area contributed by atoms with Crippen LogP contribution < -0.4 is 0 Å². The monoisotopic (exact) mass is 363 g/mol. The lowest BCUT2D eigenvalue weighted by Gasteiger charge is -2.14. The molecule has 0 bridgehead atoms. The van der Waals surface area contributed by atoms with E-state index in [0.717, 1.165) is 6.42 Å². The van der Waals surface area contributed by atoms with E-state index in [2.05, 4.69) is 10.3 Å². The second-order valence-corrected chi connectivity index (χ2v) is 7.79. The summed E-state index contributed by atoms with van der Waals surface area (Å²) < 4.78 is 12.2. The molecule has 0 radical (unpaired) electrons. The molecule has 8 nitrogen and oxygen atoms in total. The summed E-state index contributed by atoms with van der Waals surface area (Å²) >= 11 is 0. The number of hydrogen-bond donors (Lipinski definition) is 2.